The lowest BCUT2D eigenvalue weighted by atomic mass is 10.1. The Labute approximate surface area is 205 Å². The molecule has 0 amide bonds. The van der Waals surface area contributed by atoms with E-state index in [0.29, 0.717) is 0 Å². The third-order valence-electron chi connectivity index (χ3n) is 5.16. The molecule has 1 aliphatic heterocycles. The lowest BCUT2D eigenvalue weighted by Crippen LogP contribution is -2.21. The normalized spacial score (nSPS) is 12.2. The Morgan fingerprint density at radius 2 is 1.53 bits per heavy atom. The van der Waals surface area contributed by atoms with Crippen molar-refractivity contribution in [2.45, 2.75) is 46.5 Å². The minimum absolute atomic E-state index is 0.977. The molecule has 180 valence electrons. The number of para-hydroxylation sites is 1. The summed E-state index contributed by atoms with van der Waals surface area (Å²) in [5.74, 6) is 0. The third kappa shape index (κ3) is 8.53. The van der Waals surface area contributed by atoms with Gasteiger partial charge in [-0.15, -0.1) is 13.2 Å². The summed E-state index contributed by atoms with van der Waals surface area (Å²) in [6.45, 7) is 14.8. The maximum absolute atomic E-state index is 4.38. The highest BCUT2D eigenvalue weighted by molar-refractivity contribution is 5.71. The van der Waals surface area contributed by atoms with Crippen LogP contribution in [0.2, 0.25) is 0 Å². The monoisotopic (exact) mass is 456 g/mol. The fraction of sp³-hybridized carbons (Fsp3) is 0.300. The summed E-state index contributed by atoms with van der Waals surface area (Å²) in [4.78, 5) is 4.38. The first-order chi connectivity index (χ1) is 16.7. The van der Waals surface area contributed by atoms with Crippen molar-refractivity contribution in [2.75, 3.05) is 18.4 Å². The fourth-order valence-corrected chi connectivity index (χ4v) is 3.54. The average Bonchev–Trinajstić information content (AvgIpc) is 3.28. The smallest absolute Gasteiger partial charge is 0.136 e. The molecule has 3 heterocycles. The van der Waals surface area contributed by atoms with E-state index in [0.717, 1.165) is 22.7 Å². The maximum atomic E-state index is 4.38. The van der Waals surface area contributed by atoms with E-state index in [9.17, 15) is 0 Å². The van der Waals surface area contributed by atoms with Crippen LogP contribution in [-0.4, -0.2) is 22.5 Å². The zero-order valence-corrected chi connectivity index (χ0v) is 21.1. The van der Waals surface area contributed by atoms with Crippen molar-refractivity contribution in [1.82, 2.24) is 14.7 Å². The van der Waals surface area contributed by atoms with Gasteiger partial charge in [-0.25, -0.2) is 4.98 Å². The summed E-state index contributed by atoms with van der Waals surface area (Å²) < 4.78 is 2.12. The summed E-state index contributed by atoms with van der Waals surface area (Å²) in [6, 6.07) is 22.8. The van der Waals surface area contributed by atoms with Crippen LogP contribution in [0.25, 0.3) is 16.8 Å². The fourth-order valence-electron chi connectivity index (χ4n) is 3.54. The molecule has 0 spiro atoms. The highest BCUT2D eigenvalue weighted by Crippen LogP contribution is 2.25. The minimum atomic E-state index is 0.977. The third-order valence-corrected chi connectivity index (χ3v) is 5.16. The molecular formula is C30H40N4. The predicted molar refractivity (Wildman–Crippen MR) is 149 cm³/mol. The molecule has 0 atom stereocenters. The molecule has 1 fully saturated rings. The Morgan fingerprint density at radius 3 is 2.15 bits per heavy atom. The molecule has 0 unspecified atom stereocenters. The highest BCUT2D eigenvalue weighted by Gasteiger charge is 2.04. The lowest BCUT2D eigenvalue weighted by molar-refractivity contribution is 0.520. The molecule has 1 saturated heterocycles. The zero-order valence-electron chi connectivity index (χ0n) is 21.1. The number of hydrogen-bond donors (Lipinski definition) is 2. The number of nitrogens with zero attached hydrogens (tertiary/aromatic N) is 2. The second-order valence-electron chi connectivity index (χ2n) is 8.14. The van der Waals surface area contributed by atoms with Gasteiger partial charge in [0.25, 0.3) is 0 Å². The van der Waals surface area contributed by atoms with Crippen molar-refractivity contribution in [3.63, 3.8) is 0 Å². The number of nitrogens with one attached hydrogen (secondary N) is 2. The van der Waals surface area contributed by atoms with Gasteiger partial charge in [-0.05, 0) is 80.4 Å². The topological polar surface area (TPSA) is 41.4 Å². The van der Waals surface area contributed by atoms with Crippen LogP contribution in [0.15, 0.2) is 92.3 Å². The van der Waals surface area contributed by atoms with Gasteiger partial charge in [-0.2, -0.15) is 0 Å². The van der Waals surface area contributed by atoms with Crippen LogP contribution in [0.1, 0.15) is 45.2 Å². The molecule has 4 heteroatoms. The maximum Gasteiger partial charge on any atom is 0.136 e. The second-order valence-corrected chi connectivity index (χ2v) is 8.14. The Bertz CT molecular complexity index is 1070. The van der Waals surface area contributed by atoms with Crippen LogP contribution in [0.4, 0.5) is 11.4 Å². The molecular weight excluding hydrogens is 416 g/mol. The number of aromatic nitrogens is 2. The van der Waals surface area contributed by atoms with Crippen molar-refractivity contribution in [3.05, 3.63) is 98.0 Å². The number of fused-ring (bicyclic) bond motifs is 1. The molecule has 2 N–H and O–H groups in total. The van der Waals surface area contributed by atoms with E-state index in [2.05, 4.69) is 109 Å². The number of aryl methyl sites for hydroxylation is 1. The van der Waals surface area contributed by atoms with Crippen molar-refractivity contribution in [2.24, 2.45) is 0 Å². The summed E-state index contributed by atoms with van der Waals surface area (Å²) in [5, 5.41) is 6.72. The van der Waals surface area contributed by atoms with Crippen LogP contribution in [0, 0.1) is 6.92 Å². The van der Waals surface area contributed by atoms with Crippen LogP contribution in [-0.2, 0) is 0 Å². The Kier molecular flexibility index (Phi) is 12.2. The minimum Gasteiger partial charge on any atom is -0.356 e. The van der Waals surface area contributed by atoms with Gasteiger partial charge in [0.15, 0.2) is 0 Å². The van der Waals surface area contributed by atoms with Gasteiger partial charge in [0, 0.05) is 29.5 Å². The second kappa shape index (κ2) is 15.5. The van der Waals surface area contributed by atoms with Crippen molar-refractivity contribution < 1.29 is 0 Å². The largest absolute Gasteiger partial charge is 0.356 e. The van der Waals surface area contributed by atoms with Gasteiger partial charge < -0.3 is 15.0 Å². The molecule has 0 bridgehead atoms. The molecule has 4 nitrogen and oxygen atoms in total. The molecule has 2 aromatic heterocycles. The van der Waals surface area contributed by atoms with Crippen molar-refractivity contribution in [3.8, 4) is 11.1 Å². The van der Waals surface area contributed by atoms with E-state index in [1.165, 1.54) is 49.9 Å². The van der Waals surface area contributed by atoms with Crippen molar-refractivity contribution in [1.29, 1.82) is 0 Å². The molecule has 0 aliphatic carbocycles. The van der Waals surface area contributed by atoms with E-state index in [4.69, 9.17) is 0 Å². The number of rotatable bonds is 3. The quantitative estimate of drug-likeness (QED) is 0.307. The first-order valence-corrected chi connectivity index (χ1v) is 12.3. The highest BCUT2D eigenvalue weighted by atomic mass is 15.0. The van der Waals surface area contributed by atoms with E-state index >= 15 is 0 Å². The lowest BCUT2D eigenvalue weighted by Gasteiger charge is -2.09. The van der Waals surface area contributed by atoms with Crippen LogP contribution in [0.3, 0.4) is 0 Å². The molecule has 1 aliphatic rings. The van der Waals surface area contributed by atoms with Gasteiger partial charge in [-0.3, -0.25) is 0 Å². The number of pyridine rings is 1. The van der Waals surface area contributed by atoms with E-state index in [1.54, 1.807) is 0 Å². The first-order valence-electron chi connectivity index (χ1n) is 12.3. The zero-order chi connectivity index (χ0) is 24.6. The van der Waals surface area contributed by atoms with Gasteiger partial charge in [0.05, 0.1) is 0 Å². The van der Waals surface area contributed by atoms with E-state index in [-0.39, 0.29) is 0 Å². The molecule has 0 saturated carbocycles. The SMILES string of the molecule is C1CCNCC1.C=C.CCC.Cc1cnc2ccc(-c3cccc(Nc4ccccc4)c3)cn12. The molecule has 0 radical (unpaired) electrons. The van der Waals surface area contributed by atoms with Crippen LogP contribution in [0.5, 0.6) is 0 Å². The summed E-state index contributed by atoms with van der Waals surface area (Å²) in [5.41, 5.74) is 6.64. The van der Waals surface area contributed by atoms with E-state index < -0.39 is 0 Å². The predicted octanol–water partition coefficient (Wildman–Crippen LogP) is 8.03. The summed E-state index contributed by atoms with van der Waals surface area (Å²) >= 11 is 0. The Morgan fingerprint density at radius 1 is 0.853 bits per heavy atom. The number of anilines is 2. The standard InChI is InChI=1S/C20H17N3.C5H11N.C3H8.C2H4/c1-15-13-21-20-11-10-17(14-23(15)20)16-6-5-9-19(12-16)22-18-7-3-2-4-8-18;1-2-4-6-5-3-1;1-3-2;1-2/h2-14,22H,1H3;6H,1-5H2;3H2,1-2H3;1-2H2. The number of piperidine rings is 1. The van der Waals surface area contributed by atoms with Crippen LogP contribution >= 0.6 is 0 Å². The first kappa shape index (κ1) is 26.9. The van der Waals surface area contributed by atoms with Crippen LogP contribution < -0.4 is 10.6 Å². The Balaban J connectivity index is 0.000000312. The van der Waals surface area contributed by atoms with Gasteiger partial charge in [-0.1, -0.05) is 57.0 Å². The average molecular weight is 457 g/mol. The number of benzene rings is 2. The summed E-state index contributed by atoms with van der Waals surface area (Å²) in [6.07, 6.45) is 9.50. The molecule has 34 heavy (non-hydrogen) atoms. The van der Waals surface area contributed by atoms with Gasteiger partial charge in [0.2, 0.25) is 0 Å². The van der Waals surface area contributed by atoms with Gasteiger partial charge >= 0.3 is 0 Å². The number of hydrogen-bond acceptors (Lipinski definition) is 3. The number of imidazole rings is 1. The van der Waals surface area contributed by atoms with Crippen molar-refractivity contribution >= 4 is 17.0 Å². The van der Waals surface area contributed by atoms with Gasteiger partial charge in [0.1, 0.15) is 5.65 Å². The summed E-state index contributed by atoms with van der Waals surface area (Å²) in [7, 11) is 0. The Hall–Kier alpha value is -3.37. The molecule has 2 aromatic carbocycles. The molecule has 4 aromatic rings. The molecule has 5 rings (SSSR count). The van der Waals surface area contributed by atoms with E-state index in [1.807, 2.05) is 24.4 Å².